The number of piperazine rings is 1. The number of carbonyl (C=O) groups is 1. The summed E-state index contributed by atoms with van der Waals surface area (Å²) >= 11 is 0. The Morgan fingerprint density at radius 2 is 1.56 bits per heavy atom. The molecule has 2 fully saturated rings. The Morgan fingerprint density at radius 3 is 2.10 bits per heavy atom. The lowest BCUT2D eigenvalue weighted by Crippen LogP contribution is -2.50. The normalized spacial score (nSPS) is 18.3. The van der Waals surface area contributed by atoms with Gasteiger partial charge < -0.3 is 15.1 Å². The SMILES string of the molecule is C[C@@H](CN1CCN(c2ccc(C(F)(F)F)cc2)CC1)C(=O)N1CCC(Nc2ccc([N+](=O)[O-])c(C(F)(F)F)c2)CC1. The summed E-state index contributed by atoms with van der Waals surface area (Å²) in [6.45, 7) is 5.85. The number of anilines is 2. The summed E-state index contributed by atoms with van der Waals surface area (Å²) in [5, 5.41) is 14.0. The molecule has 0 spiro atoms. The third kappa shape index (κ3) is 7.60. The first kappa shape index (κ1) is 30.4. The van der Waals surface area contributed by atoms with Gasteiger partial charge in [0.15, 0.2) is 0 Å². The number of likely N-dealkylation sites (tertiary alicyclic amines) is 1. The van der Waals surface area contributed by atoms with Gasteiger partial charge in [-0.05, 0) is 49.2 Å². The zero-order valence-corrected chi connectivity index (χ0v) is 22.3. The van der Waals surface area contributed by atoms with E-state index in [2.05, 4.69) is 10.2 Å². The number of alkyl halides is 6. The van der Waals surface area contributed by atoms with Crippen LogP contribution in [0.25, 0.3) is 0 Å². The molecule has 1 N–H and O–H groups in total. The van der Waals surface area contributed by atoms with Gasteiger partial charge in [-0.2, -0.15) is 26.3 Å². The molecule has 14 heteroatoms. The Balaban J connectivity index is 1.23. The van der Waals surface area contributed by atoms with Crippen LogP contribution in [0.1, 0.15) is 30.9 Å². The van der Waals surface area contributed by atoms with Crippen molar-refractivity contribution in [3.8, 4) is 0 Å². The average molecular weight is 588 g/mol. The van der Waals surface area contributed by atoms with Crippen LogP contribution in [-0.2, 0) is 17.1 Å². The molecule has 2 aliphatic rings. The molecule has 8 nitrogen and oxygen atoms in total. The number of halogens is 6. The molecule has 2 aliphatic heterocycles. The molecule has 0 aliphatic carbocycles. The van der Waals surface area contributed by atoms with Crippen molar-refractivity contribution < 1.29 is 36.1 Å². The maximum absolute atomic E-state index is 13.3. The first-order valence-electron chi connectivity index (χ1n) is 13.3. The molecule has 0 radical (unpaired) electrons. The predicted molar refractivity (Wildman–Crippen MR) is 141 cm³/mol. The van der Waals surface area contributed by atoms with Crippen molar-refractivity contribution in [2.45, 2.75) is 38.2 Å². The molecule has 0 bridgehead atoms. The molecule has 0 unspecified atom stereocenters. The number of benzene rings is 2. The molecule has 0 saturated carbocycles. The third-order valence-corrected chi connectivity index (χ3v) is 7.56. The van der Waals surface area contributed by atoms with E-state index in [1.54, 1.807) is 4.90 Å². The summed E-state index contributed by atoms with van der Waals surface area (Å²) in [6, 6.07) is 7.75. The number of nitrogens with one attached hydrogen (secondary N) is 1. The summed E-state index contributed by atoms with van der Waals surface area (Å²) in [4.78, 5) is 28.9. The minimum Gasteiger partial charge on any atom is -0.382 e. The zero-order valence-electron chi connectivity index (χ0n) is 22.3. The smallest absolute Gasteiger partial charge is 0.382 e. The highest BCUT2D eigenvalue weighted by Crippen LogP contribution is 2.38. The molecule has 2 heterocycles. The molecule has 224 valence electrons. The maximum atomic E-state index is 13.3. The molecule has 0 aromatic heterocycles. The maximum Gasteiger partial charge on any atom is 0.423 e. The van der Waals surface area contributed by atoms with Crippen molar-refractivity contribution in [1.29, 1.82) is 0 Å². The van der Waals surface area contributed by atoms with Gasteiger partial charge in [0.1, 0.15) is 5.56 Å². The Morgan fingerprint density at radius 1 is 0.951 bits per heavy atom. The quantitative estimate of drug-likeness (QED) is 0.262. The van der Waals surface area contributed by atoms with Crippen LogP contribution < -0.4 is 10.2 Å². The van der Waals surface area contributed by atoms with E-state index >= 15 is 0 Å². The van der Waals surface area contributed by atoms with E-state index in [4.69, 9.17) is 0 Å². The monoisotopic (exact) mass is 587 g/mol. The lowest BCUT2D eigenvalue weighted by molar-refractivity contribution is -0.388. The number of nitro benzene ring substituents is 1. The van der Waals surface area contributed by atoms with Gasteiger partial charge >= 0.3 is 12.4 Å². The van der Waals surface area contributed by atoms with E-state index in [1.165, 1.54) is 18.2 Å². The topological polar surface area (TPSA) is 82.0 Å². The zero-order chi connectivity index (χ0) is 29.9. The number of carbonyl (C=O) groups excluding carboxylic acids is 1. The second-order valence-electron chi connectivity index (χ2n) is 10.5. The van der Waals surface area contributed by atoms with E-state index in [0.717, 1.165) is 30.0 Å². The summed E-state index contributed by atoms with van der Waals surface area (Å²) in [6.07, 6.45) is -8.20. The van der Waals surface area contributed by atoms with Crippen LogP contribution >= 0.6 is 0 Å². The van der Waals surface area contributed by atoms with E-state index < -0.39 is 34.1 Å². The van der Waals surface area contributed by atoms with Gasteiger partial charge in [-0.15, -0.1) is 0 Å². The van der Waals surface area contributed by atoms with Gasteiger partial charge in [-0.3, -0.25) is 19.8 Å². The minimum atomic E-state index is -4.86. The highest BCUT2D eigenvalue weighted by molar-refractivity contribution is 5.78. The molecule has 2 saturated heterocycles. The number of piperidine rings is 1. The molecular weight excluding hydrogens is 556 g/mol. The first-order valence-corrected chi connectivity index (χ1v) is 13.3. The van der Waals surface area contributed by atoms with Crippen LogP contribution in [0.15, 0.2) is 42.5 Å². The Hall–Kier alpha value is -3.55. The van der Waals surface area contributed by atoms with Crippen molar-refractivity contribution in [2.75, 3.05) is 56.0 Å². The third-order valence-electron chi connectivity index (χ3n) is 7.56. The number of hydrogen-bond donors (Lipinski definition) is 1. The van der Waals surface area contributed by atoms with Crippen LogP contribution in [0.2, 0.25) is 0 Å². The van der Waals surface area contributed by atoms with Crippen LogP contribution in [0.3, 0.4) is 0 Å². The second-order valence-corrected chi connectivity index (χ2v) is 10.5. The number of amides is 1. The summed E-state index contributed by atoms with van der Waals surface area (Å²) in [5.41, 5.74) is -2.14. The van der Waals surface area contributed by atoms with Gasteiger partial charge in [0.05, 0.1) is 10.5 Å². The standard InChI is InChI=1S/C27H31F6N5O3/c1-18(17-35-12-14-36(15-13-35)22-5-2-19(3-6-22)26(28,29)30)25(39)37-10-8-20(9-11-37)34-21-4-7-24(38(40)41)23(16-21)27(31,32)33/h2-7,16,18,20,34H,8-15,17H2,1H3/t18-/m0/s1. The fourth-order valence-corrected chi connectivity index (χ4v) is 5.32. The van der Waals surface area contributed by atoms with E-state index in [0.29, 0.717) is 58.7 Å². The fourth-order valence-electron chi connectivity index (χ4n) is 5.32. The Labute approximate surface area is 233 Å². The largest absolute Gasteiger partial charge is 0.423 e. The number of rotatable bonds is 7. The molecular formula is C27H31F6N5O3. The van der Waals surface area contributed by atoms with Gasteiger partial charge in [0.2, 0.25) is 5.91 Å². The number of nitro groups is 1. The van der Waals surface area contributed by atoms with E-state index in [1.807, 2.05) is 11.8 Å². The molecule has 4 rings (SSSR count). The summed E-state index contributed by atoms with van der Waals surface area (Å²) in [7, 11) is 0. The number of hydrogen-bond acceptors (Lipinski definition) is 6. The molecule has 1 amide bonds. The van der Waals surface area contributed by atoms with E-state index in [-0.39, 0.29) is 23.6 Å². The first-order chi connectivity index (χ1) is 19.2. The predicted octanol–water partition coefficient (Wildman–Crippen LogP) is 5.49. The van der Waals surface area contributed by atoms with Gasteiger partial charge in [-0.25, -0.2) is 0 Å². The van der Waals surface area contributed by atoms with Gasteiger partial charge in [-0.1, -0.05) is 6.92 Å². The Kier molecular flexibility index (Phi) is 9.00. The lowest BCUT2D eigenvalue weighted by atomic mass is 10.0. The van der Waals surface area contributed by atoms with Crippen molar-refractivity contribution in [1.82, 2.24) is 9.80 Å². The van der Waals surface area contributed by atoms with Crippen LogP contribution in [0.5, 0.6) is 0 Å². The average Bonchev–Trinajstić information content (AvgIpc) is 2.92. The minimum absolute atomic E-state index is 0.0108. The lowest BCUT2D eigenvalue weighted by Gasteiger charge is -2.38. The van der Waals surface area contributed by atoms with E-state index in [9.17, 15) is 41.3 Å². The van der Waals surface area contributed by atoms with Crippen molar-refractivity contribution in [3.63, 3.8) is 0 Å². The van der Waals surface area contributed by atoms with Crippen molar-refractivity contribution in [3.05, 3.63) is 63.7 Å². The van der Waals surface area contributed by atoms with Crippen LogP contribution in [0.4, 0.5) is 43.4 Å². The van der Waals surface area contributed by atoms with Crippen LogP contribution in [-0.4, -0.2) is 72.5 Å². The highest BCUT2D eigenvalue weighted by atomic mass is 19.4. The van der Waals surface area contributed by atoms with Gasteiger partial charge in [0, 0.05) is 75.2 Å². The van der Waals surface area contributed by atoms with Gasteiger partial charge in [0.25, 0.3) is 5.69 Å². The highest BCUT2D eigenvalue weighted by Gasteiger charge is 2.39. The van der Waals surface area contributed by atoms with Crippen LogP contribution in [0, 0.1) is 16.0 Å². The van der Waals surface area contributed by atoms with Crippen molar-refractivity contribution in [2.24, 2.45) is 5.92 Å². The second kappa shape index (κ2) is 12.1. The molecule has 2 aromatic rings. The summed E-state index contributed by atoms with van der Waals surface area (Å²) < 4.78 is 78.3. The fraction of sp³-hybridized carbons (Fsp3) is 0.519. The van der Waals surface area contributed by atoms with Crippen molar-refractivity contribution >= 4 is 23.0 Å². The number of nitrogens with zero attached hydrogens (tertiary/aromatic N) is 4. The molecule has 41 heavy (non-hydrogen) atoms. The molecule has 2 aromatic carbocycles. The molecule has 1 atom stereocenters. The Bertz CT molecular complexity index is 1220. The summed E-state index contributed by atoms with van der Waals surface area (Å²) in [5.74, 6) is -0.288.